The van der Waals surface area contributed by atoms with Gasteiger partial charge in [-0.15, -0.1) is 11.8 Å². The van der Waals surface area contributed by atoms with Gasteiger partial charge in [-0.1, -0.05) is 18.2 Å². The molecule has 2 aliphatic rings. The SMILES string of the molecule is O=C(O)C[C@@H]1CSC(c2cc3cc(Oc4ccccc4)cc(NC4CCOCC4)c3[nH]2)=N1. The number of para-hydroxylation sites is 1. The van der Waals surface area contributed by atoms with Gasteiger partial charge in [0.05, 0.1) is 29.4 Å². The molecule has 1 saturated heterocycles. The molecule has 32 heavy (non-hydrogen) atoms. The van der Waals surface area contributed by atoms with Gasteiger partial charge < -0.3 is 24.9 Å². The summed E-state index contributed by atoms with van der Waals surface area (Å²) in [5.41, 5.74) is 2.89. The van der Waals surface area contributed by atoms with Crippen LogP contribution in [0.1, 0.15) is 25.0 Å². The quantitative estimate of drug-likeness (QED) is 0.473. The number of ether oxygens (including phenoxy) is 2. The number of nitrogens with zero attached hydrogens (tertiary/aromatic N) is 1. The summed E-state index contributed by atoms with van der Waals surface area (Å²) >= 11 is 1.60. The van der Waals surface area contributed by atoms with Gasteiger partial charge in [0.25, 0.3) is 0 Å². The molecule has 166 valence electrons. The number of hydrogen-bond acceptors (Lipinski definition) is 6. The zero-order valence-electron chi connectivity index (χ0n) is 17.5. The Morgan fingerprint density at radius 2 is 2.00 bits per heavy atom. The number of aliphatic imine (C=N–C) groups is 1. The molecule has 3 aromatic rings. The van der Waals surface area contributed by atoms with E-state index in [1.165, 1.54) is 0 Å². The standard InChI is InChI=1S/C24H25N3O4S/c28-22(29)12-17-14-32-24(26-17)21-11-15-10-19(31-18-4-2-1-3-5-18)13-20(23(15)27-21)25-16-6-8-30-9-7-16/h1-5,10-11,13,16-17,25,27H,6-9,12,14H2,(H,28,29)/t17-/m1/s1. The number of hydrogen-bond donors (Lipinski definition) is 3. The first kappa shape index (κ1) is 20.9. The third kappa shape index (κ3) is 4.76. The van der Waals surface area contributed by atoms with E-state index in [-0.39, 0.29) is 12.5 Å². The molecule has 0 unspecified atom stereocenters. The van der Waals surface area contributed by atoms with Crippen molar-refractivity contribution in [1.29, 1.82) is 0 Å². The molecule has 0 spiro atoms. The summed E-state index contributed by atoms with van der Waals surface area (Å²) in [4.78, 5) is 19.2. The molecule has 0 amide bonds. The number of carbonyl (C=O) groups is 1. The van der Waals surface area contributed by atoms with Gasteiger partial charge in [0.15, 0.2) is 0 Å². The molecule has 7 nitrogen and oxygen atoms in total. The first-order valence-electron chi connectivity index (χ1n) is 10.8. The predicted molar refractivity (Wildman–Crippen MR) is 127 cm³/mol. The van der Waals surface area contributed by atoms with Crippen LogP contribution in [0.4, 0.5) is 5.69 Å². The van der Waals surface area contributed by atoms with E-state index < -0.39 is 5.97 Å². The molecular weight excluding hydrogens is 426 g/mol. The lowest BCUT2D eigenvalue weighted by atomic mass is 10.1. The van der Waals surface area contributed by atoms with Gasteiger partial charge in [-0.3, -0.25) is 9.79 Å². The summed E-state index contributed by atoms with van der Waals surface area (Å²) in [6, 6.07) is 16.0. The number of carboxylic acid groups (broad SMARTS) is 1. The lowest BCUT2D eigenvalue weighted by molar-refractivity contribution is -0.137. The Bertz CT molecular complexity index is 1140. The van der Waals surface area contributed by atoms with Crippen LogP contribution < -0.4 is 10.1 Å². The molecule has 0 saturated carbocycles. The van der Waals surface area contributed by atoms with Crippen LogP contribution in [0.3, 0.4) is 0 Å². The Balaban J connectivity index is 1.48. The van der Waals surface area contributed by atoms with Gasteiger partial charge in [0.1, 0.15) is 16.5 Å². The Hall–Kier alpha value is -2.97. The molecule has 3 heterocycles. The number of H-pyrrole nitrogens is 1. The second-order valence-corrected chi connectivity index (χ2v) is 9.07. The fourth-order valence-electron chi connectivity index (χ4n) is 4.06. The zero-order valence-corrected chi connectivity index (χ0v) is 18.4. The van der Waals surface area contributed by atoms with Crippen LogP contribution in [0.15, 0.2) is 53.5 Å². The number of aromatic amines is 1. The van der Waals surface area contributed by atoms with E-state index in [4.69, 9.17) is 14.6 Å². The van der Waals surface area contributed by atoms with Crippen molar-refractivity contribution < 1.29 is 19.4 Å². The van der Waals surface area contributed by atoms with Crippen molar-refractivity contribution >= 4 is 39.4 Å². The minimum Gasteiger partial charge on any atom is -0.481 e. The number of nitrogens with one attached hydrogen (secondary N) is 2. The van der Waals surface area contributed by atoms with E-state index in [0.29, 0.717) is 11.8 Å². The highest BCUT2D eigenvalue weighted by atomic mass is 32.2. The summed E-state index contributed by atoms with van der Waals surface area (Å²) < 4.78 is 11.6. The van der Waals surface area contributed by atoms with E-state index in [2.05, 4.69) is 21.4 Å². The average molecular weight is 452 g/mol. The highest BCUT2D eigenvalue weighted by Crippen LogP contribution is 2.35. The number of benzene rings is 2. The summed E-state index contributed by atoms with van der Waals surface area (Å²) in [5.74, 6) is 1.41. The molecule has 5 rings (SSSR count). The molecule has 8 heteroatoms. The number of thioether (sulfide) groups is 1. The van der Waals surface area contributed by atoms with Crippen molar-refractivity contribution in [3.63, 3.8) is 0 Å². The van der Waals surface area contributed by atoms with Crippen LogP contribution in [-0.4, -0.2) is 52.2 Å². The van der Waals surface area contributed by atoms with Crippen molar-refractivity contribution in [2.45, 2.75) is 31.3 Å². The number of fused-ring (bicyclic) bond motifs is 1. The summed E-state index contributed by atoms with van der Waals surface area (Å²) in [6.07, 6.45) is 1.97. The van der Waals surface area contributed by atoms with Gasteiger partial charge in [0, 0.05) is 36.5 Å². The van der Waals surface area contributed by atoms with Crippen LogP contribution in [0.2, 0.25) is 0 Å². The Morgan fingerprint density at radius 1 is 1.19 bits per heavy atom. The Labute approximate surface area is 190 Å². The average Bonchev–Trinajstić information content (AvgIpc) is 3.42. The van der Waals surface area contributed by atoms with Crippen molar-refractivity contribution in [3.05, 3.63) is 54.2 Å². The van der Waals surface area contributed by atoms with Crippen LogP contribution >= 0.6 is 11.8 Å². The monoisotopic (exact) mass is 451 g/mol. The van der Waals surface area contributed by atoms with Crippen molar-refractivity contribution in [1.82, 2.24) is 4.98 Å². The minimum atomic E-state index is -0.817. The zero-order chi connectivity index (χ0) is 21.9. The summed E-state index contributed by atoms with van der Waals surface area (Å²) in [6.45, 7) is 1.52. The van der Waals surface area contributed by atoms with Crippen LogP contribution in [0, 0.1) is 0 Å². The fraction of sp³-hybridized carbons (Fsp3) is 0.333. The molecule has 0 radical (unpaired) electrons. The minimum absolute atomic E-state index is 0.0579. The van der Waals surface area contributed by atoms with Gasteiger partial charge in [-0.2, -0.15) is 0 Å². The highest BCUT2D eigenvalue weighted by Gasteiger charge is 2.24. The lowest BCUT2D eigenvalue weighted by Crippen LogP contribution is -2.27. The predicted octanol–water partition coefficient (Wildman–Crippen LogP) is 4.89. The number of aliphatic carboxylic acids is 1. The maximum Gasteiger partial charge on any atom is 0.305 e. The molecule has 1 atom stereocenters. The van der Waals surface area contributed by atoms with Crippen LogP contribution in [-0.2, 0) is 9.53 Å². The van der Waals surface area contributed by atoms with E-state index in [1.54, 1.807) is 11.8 Å². The third-order valence-corrected chi connectivity index (χ3v) is 6.76. The van der Waals surface area contributed by atoms with Gasteiger partial charge in [-0.05, 0) is 37.1 Å². The smallest absolute Gasteiger partial charge is 0.305 e. The molecule has 1 fully saturated rings. The second kappa shape index (κ2) is 9.26. The maximum absolute atomic E-state index is 11.0. The van der Waals surface area contributed by atoms with Crippen molar-refractivity contribution in [3.8, 4) is 11.5 Å². The molecular formula is C24H25N3O4S. The topological polar surface area (TPSA) is 95.9 Å². The summed E-state index contributed by atoms with van der Waals surface area (Å²) in [5, 5.41) is 14.6. The van der Waals surface area contributed by atoms with Gasteiger partial charge >= 0.3 is 5.97 Å². The molecule has 0 aliphatic carbocycles. The first-order valence-corrected chi connectivity index (χ1v) is 11.8. The molecule has 3 N–H and O–H groups in total. The molecule has 0 bridgehead atoms. The number of carboxylic acids is 1. The fourth-order valence-corrected chi connectivity index (χ4v) is 5.09. The molecule has 1 aromatic heterocycles. The third-order valence-electron chi connectivity index (χ3n) is 5.61. The summed E-state index contributed by atoms with van der Waals surface area (Å²) in [7, 11) is 0. The number of anilines is 1. The largest absolute Gasteiger partial charge is 0.481 e. The normalized spacial score (nSPS) is 19.1. The number of rotatable bonds is 7. The highest BCUT2D eigenvalue weighted by molar-refractivity contribution is 8.14. The van der Waals surface area contributed by atoms with Crippen molar-refractivity contribution in [2.24, 2.45) is 4.99 Å². The van der Waals surface area contributed by atoms with Gasteiger partial charge in [-0.25, -0.2) is 0 Å². The Kier molecular flexibility index (Phi) is 6.05. The van der Waals surface area contributed by atoms with E-state index in [1.807, 2.05) is 42.5 Å². The first-order chi connectivity index (χ1) is 15.6. The lowest BCUT2D eigenvalue weighted by Gasteiger charge is -2.24. The Morgan fingerprint density at radius 3 is 2.78 bits per heavy atom. The van der Waals surface area contributed by atoms with Crippen LogP contribution in [0.25, 0.3) is 10.9 Å². The van der Waals surface area contributed by atoms with Gasteiger partial charge in [0.2, 0.25) is 0 Å². The van der Waals surface area contributed by atoms with Crippen LogP contribution in [0.5, 0.6) is 11.5 Å². The van der Waals surface area contributed by atoms with E-state index in [9.17, 15) is 4.79 Å². The van der Waals surface area contributed by atoms with E-state index in [0.717, 1.165) is 64.9 Å². The number of aromatic nitrogens is 1. The second-order valence-electron chi connectivity index (χ2n) is 8.06. The van der Waals surface area contributed by atoms with E-state index >= 15 is 0 Å². The maximum atomic E-state index is 11.0. The molecule has 2 aromatic carbocycles. The van der Waals surface area contributed by atoms with Crippen molar-refractivity contribution in [2.75, 3.05) is 24.3 Å². The molecule has 2 aliphatic heterocycles.